The van der Waals surface area contributed by atoms with Crippen LogP contribution in [0.5, 0.6) is 0 Å². The smallest absolute Gasteiger partial charge is 0.244 e. The topological polar surface area (TPSA) is 70.8 Å². The third kappa shape index (κ3) is 3.02. The molecule has 5 heteroatoms. The number of nitrogens with one attached hydrogen (secondary N) is 2. The fraction of sp³-hybridized carbons (Fsp3) is 0.0417. The summed E-state index contributed by atoms with van der Waals surface area (Å²) in [6.45, 7) is 0.159. The molecule has 2 aromatic heterocycles. The van der Waals surface area contributed by atoms with Gasteiger partial charge in [0.05, 0.1) is 27.6 Å². The van der Waals surface area contributed by atoms with E-state index < -0.39 is 0 Å². The van der Waals surface area contributed by atoms with Crippen LogP contribution in [0.15, 0.2) is 85.1 Å². The van der Waals surface area contributed by atoms with Gasteiger partial charge in [0, 0.05) is 22.4 Å². The Hall–Kier alpha value is -3.99. The number of fused-ring (bicyclic) bond motifs is 3. The van der Waals surface area contributed by atoms with Crippen LogP contribution in [0.25, 0.3) is 32.7 Å². The van der Waals surface area contributed by atoms with Crippen molar-refractivity contribution in [2.75, 3.05) is 5.32 Å². The highest BCUT2D eigenvalue weighted by molar-refractivity contribution is 6.12. The predicted octanol–water partition coefficient (Wildman–Crippen LogP) is 4.46. The van der Waals surface area contributed by atoms with Crippen LogP contribution >= 0.6 is 0 Å². The molecule has 0 aliphatic rings. The molecule has 0 saturated heterocycles. The molecule has 2 heterocycles. The molecular formula is C24H18N4O. The zero-order valence-corrected chi connectivity index (χ0v) is 15.6. The molecule has 0 atom stereocenters. The Morgan fingerprint density at radius 3 is 2.10 bits per heavy atom. The number of carbonyl (C=O) groups is 1. The average Bonchev–Trinajstić information content (AvgIpc) is 2.76. The molecule has 0 bridgehead atoms. The molecule has 140 valence electrons. The zero-order chi connectivity index (χ0) is 19.8. The number of benzene rings is 3. The monoisotopic (exact) mass is 378 g/mol. The van der Waals surface area contributed by atoms with Crippen molar-refractivity contribution in [2.24, 2.45) is 0 Å². The van der Waals surface area contributed by atoms with Crippen LogP contribution < -0.4 is 10.7 Å². The highest BCUT2D eigenvalue weighted by Gasteiger charge is 2.12. The van der Waals surface area contributed by atoms with Gasteiger partial charge in [-0.1, -0.05) is 54.6 Å². The Kier molecular flexibility index (Phi) is 4.06. The second-order valence-electron chi connectivity index (χ2n) is 6.94. The van der Waals surface area contributed by atoms with Gasteiger partial charge in [-0.25, -0.2) is 4.98 Å². The van der Waals surface area contributed by atoms with Crippen LogP contribution in [0.1, 0.15) is 0 Å². The highest BCUT2D eigenvalue weighted by atomic mass is 16.1. The molecule has 3 aromatic carbocycles. The molecule has 5 nitrogen and oxygen atoms in total. The van der Waals surface area contributed by atoms with Crippen molar-refractivity contribution in [1.82, 2.24) is 9.55 Å². The Morgan fingerprint density at radius 2 is 1.41 bits per heavy atom. The first kappa shape index (κ1) is 17.1. The van der Waals surface area contributed by atoms with Gasteiger partial charge in [0.2, 0.25) is 5.91 Å². The predicted molar refractivity (Wildman–Crippen MR) is 116 cm³/mol. The Morgan fingerprint density at radius 1 is 0.828 bits per heavy atom. The number of para-hydroxylation sites is 3. The van der Waals surface area contributed by atoms with Crippen LogP contribution in [0, 0.1) is 5.41 Å². The molecule has 0 saturated carbocycles. The second-order valence-corrected chi connectivity index (χ2v) is 6.94. The van der Waals surface area contributed by atoms with Crippen LogP contribution in [-0.4, -0.2) is 15.5 Å². The lowest BCUT2D eigenvalue weighted by atomic mass is 10.1. The summed E-state index contributed by atoms with van der Waals surface area (Å²) in [4.78, 5) is 17.7. The van der Waals surface area contributed by atoms with E-state index in [-0.39, 0.29) is 12.5 Å². The van der Waals surface area contributed by atoms with Crippen molar-refractivity contribution in [3.8, 4) is 0 Å². The number of amides is 1. The number of rotatable bonds is 3. The van der Waals surface area contributed by atoms with Crippen molar-refractivity contribution in [3.63, 3.8) is 0 Å². The maximum Gasteiger partial charge on any atom is 0.244 e. The number of nitrogens with zero attached hydrogens (tertiary/aromatic N) is 2. The van der Waals surface area contributed by atoms with Gasteiger partial charge in [0.15, 0.2) is 0 Å². The van der Waals surface area contributed by atoms with Gasteiger partial charge in [-0.15, -0.1) is 0 Å². The summed E-state index contributed by atoms with van der Waals surface area (Å²) in [5.74, 6) is -0.126. The van der Waals surface area contributed by atoms with E-state index >= 15 is 0 Å². The van der Waals surface area contributed by atoms with Crippen LogP contribution in [0.4, 0.5) is 5.69 Å². The number of carbonyl (C=O) groups excluding carboxylic acids is 1. The summed E-state index contributed by atoms with van der Waals surface area (Å²) < 4.78 is 1.87. The fourth-order valence-electron chi connectivity index (χ4n) is 3.73. The van der Waals surface area contributed by atoms with Gasteiger partial charge in [-0.05, 0) is 24.3 Å². The van der Waals surface area contributed by atoms with Crippen molar-refractivity contribution >= 4 is 44.3 Å². The standard InChI is InChI=1S/C24H18N4O/c25-19-13-14-28(22-12-6-3-7-16(19)22)15-23(29)27-24-17-8-1-4-10-20(17)26-21-11-5-2-9-18(21)24/h1-14,25H,15H2,(H,26,27,29). The SMILES string of the molecule is N=c1ccn(CC(=O)Nc2c3ccccc3nc3ccccc23)c2ccccc12. The van der Waals surface area contributed by atoms with Crippen LogP contribution in [0.3, 0.4) is 0 Å². The molecule has 2 N–H and O–H groups in total. The summed E-state index contributed by atoms with van der Waals surface area (Å²) in [7, 11) is 0. The average molecular weight is 378 g/mol. The first-order valence-corrected chi connectivity index (χ1v) is 9.41. The van der Waals surface area contributed by atoms with Crippen molar-refractivity contribution in [2.45, 2.75) is 6.54 Å². The third-order valence-corrected chi connectivity index (χ3v) is 5.09. The molecule has 0 spiro atoms. The molecule has 5 aromatic rings. The lowest BCUT2D eigenvalue weighted by molar-refractivity contribution is -0.116. The number of anilines is 1. The number of hydrogen-bond acceptors (Lipinski definition) is 3. The van der Waals surface area contributed by atoms with Gasteiger partial charge in [-0.2, -0.15) is 0 Å². The van der Waals surface area contributed by atoms with E-state index in [1.807, 2.05) is 77.4 Å². The van der Waals surface area contributed by atoms with E-state index in [4.69, 9.17) is 10.4 Å². The first-order valence-electron chi connectivity index (χ1n) is 9.41. The van der Waals surface area contributed by atoms with Gasteiger partial charge >= 0.3 is 0 Å². The van der Waals surface area contributed by atoms with E-state index in [9.17, 15) is 4.79 Å². The summed E-state index contributed by atoms with van der Waals surface area (Å²) >= 11 is 0. The normalized spacial score (nSPS) is 11.2. The molecule has 29 heavy (non-hydrogen) atoms. The minimum Gasteiger partial charge on any atom is -0.338 e. The molecule has 0 aliphatic heterocycles. The van der Waals surface area contributed by atoms with Gasteiger partial charge < -0.3 is 15.3 Å². The van der Waals surface area contributed by atoms with Gasteiger partial charge in [-0.3, -0.25) is 4.79 Å². The van der Waals surface area contributed by atoms with E-state index in [0.29, 0.717) is 5.36 Å². The maximum atomic E-state index is 13.0. The van der Waals surface area contributed by atoms with Crippen LogP contribution in [-0.2, 0) is 11.3 Å². The Labute approximate surface area is 166 Å². The number of pyridine rings is 2. The highest BCUT2D eigenvalue weighted by Crippen LogP contribution is 2.30. The lowest BCUT2D eigenvalue weighted by Gasteiger charge is -2.14. The molecule has 0 aliphatic carbocycles. The van der Waals surface area contributed by atoms with Crippen LogP contribution in [0.2, 0.25) is 0 Å². The molecule has 0 fully saturated rings. The number of aromatic nitrogens is 2. The summed E-state index contributed by atoms with van der Waals surface area (Å²) in [6, 6.07) is 25.0. The van der Waals surface area contributed by atoms with Gasteiger partial charge in [0.25, 0.3) is 0 Å². The summed E-state index contributed by atoms with van der Waals surface area (Å²) in [5.41, 5.74) is 3.33. The molecule has 0 unspecified atom stereocenters. The van der Waals surface area contributed by atoms with E-state index in [0.717, 1.165) is 38.4 Å². The fourth-order valence-corrected chi connectivity index (χ4v) is 3.73. The Bertz CT molecular complexity index is 1400. The van der Waals surface area contributed by atoms with Crippen molar-refractivity contribution in [1.29, 1.82) is 5.41 Å². The van der Waals surface area contributed by atoms with E-state index in [1.165, 1.54) is 0 Å². The number of hydrogen-bond donors (Lipinski definition) is 2. The summed E-state index contributed by atoms with van der Waals surface area (Å²) in [5, 5.41) is 14.3. The summed E-state index contributed by atoms with van der Waals surface area (Å²) in [6.07, 6.45) is 1.78. The van der Waals surface area contributed by atoms with Crippen molar-refractivity contribution < 1.29 is 4.79 Å². The third-order valence-electron chi connectivity index (χ3n) is 5.09. The molecule has 5 rings (SSSR count). The largest absolute Gasteiger partial charge is 0.338 e. The zero-order valence-electron chi connectivity index (χ0n) is 15.6. The quantitative estimate of drug-likeness (QED) is 0.455. The molecule has 0 radical (unpaired) electrons. The van der Waals surface area contributed by atoms with E-state index in [1.54, 1.807) is 12.3 Å². The second kappa shape index (κ2) is 6.87. The maximum absolute atomic E-state index is 13.0. The minimum atomic E-state index is -0.126. The Balaban J connectivity index is 1.57. The molecular weight excluding hydrogens is 360 g/mol. The van der Waals surface area contributed by atoms with Crippen molar-refractivity contribution in [3.05, 3.63) is 90.4 Å². The lowest BCUT2D eigenvalue weighted by Crippen LogP contribution is -2.20. The first-order chi connectivity index (χ1) is 14.2. The van der Waals surface area contributed by atoms with Gasteiger partial charge in [0.1, 0.15) is 6.54 Å². The van der Waals surface area contributed by atoms with E-state index in [2.05, 4.69) is 5.32 Å². The minimum absolute atomic E-state index is 0.126. The molecule has 1 amide bonds.